The minimum atomic E-state index is -1.13. The summed E-state index contributed by atoms with van der Waals surface area (Å²) in [6.45, 7) is 2.96. The van der Waals surface area contributed by atoms with Crippen LogP contribution in [0.4, 0.5) is 5.82 Å². The van der Waals surface area contributed by atoms with Crippen molar-refractivity contribution in [3.8, 4) is 6.01 Å². The minimum absolute atomic E-state index is 0.0600. The molecule has 0 bridgehead atoms. The highest BCUT2D eigenvalue weighted by Gasteiger charge is 2.41. The molecule has 31 heavy (non-hydrogen) atoms. The summed E-state index contributed by atoms with van der Waals surface area (Å²) < 4.78 is 8.06. The summed E-state index contributed by atoms with van der Waals surface area (Å²) in [5.41, 5.74) is 1.36. The van der Waals surface area contributed by atoms with Gasteiger partial charge in [0.2, 0.25) is 6.35 Å². The lowest BCUT2D eigenvalue weighted by atomic mass is 10.2. The van der Waals surface area contributed by atoms with Crippen LogP contribution in [-0.4, -0.2) is 62.7 Å². The average molecular weight is 449 g/mol. The summed E-state index contributed by atoms with van der Waals surface area (Å²) in [6, 6.07) is 7.86. The van der Waals surface area contributed by atoms with Crippen molar-refractivity contribution in [3.63, 3.8) is 0 Å². The molecule has 1 atom stereocenters. The largest absolute Gasteiger partial charge is 0.461 e. The molecular weight excluding hydrogens is 420 g/mol. The van der Waals surface area contributed by atoms with E-state index in [1.807, 2.05) is 31.2 Å². The van der Waals surface area contributed by atoms with E-state index < -0.39 is 6.35 Å². The topological polar surface area (TPSA) is 91.1 Å². The lowest BCUT2D eigenvalue weighted by Crippen LogP contribution is -2.56. The number of amides is 1. The molecule has 8 nitrogen and oxygen atoms in total. The van der Waals surface area contributed by atoms with Gasteiger partial charge in [-0.3, -0.25) is 14.3 Å². The molecule has 0 saturated heterocycles. The molecule has 0 radical (unpaired) electrons. The second-order valence-electron chi connectivity index (χ2n) is 8.01. The normalized spacial score (nSPS) is 19.2. The molecule has 168 valence electrons. The Kier molecular flexibility index (Phi) is 6.69. The molecule has 1 saturated carbocycles. The van der Waals surface area contributed by atoms with Crippen LogP contribution in [0.15, 0.2) is 24.3 Å². The van der Waals surface area contributed by atoms with Crippen LogP contribution in [-0.2, 0) is 6.54 Å². The van der Waals surface area contributed by atoms with Crippen molar-refractivity contribution in [2.45, 2.75) is 58.0 Å². The predicted molar refractivity (Wildman–Crippen MR) is 117 cm³/mol. The molecule has 9 heteroatoms. The Bertz CT molecular complexity index is 911. The van der Waals surface area contributed by atoms with E-state index in [9.17, 15) is 15.0 Å². The van der Waals surface area contributed by atoms with Crippen LogP contribution in [0.1, 0.15) is 55.1 Å². The van der Waals surface area contributed by atoms with E-state index in [-0.39, 0.29) is 25.2 Å². The number of nitrogens with zero attached hydrogens (tertiary/aromatic N) is 4. The Balaban J connectivity index is 1.77. The third kappa shape index (κ3) is 4.37. The molecular formula is C22H29ClN4O4. The van der Waals surface area contributed by atoms with Crippen LogP contribution in [0.3, 0.4) is 0 Å². The number of halogens is 1. The highest BCUT2D eigenvalue weighted by Crippen LogP contribution is 2.35. The van der Waals surface area contributed by atoms with Crippen molar-refractivity contribution < 1.29 is 19.7 Å². The summed E-state index contributed by atoms with van der Waals surface area (Å²) >= 11 is 6.04. The number of imidazole rings is 1. The second kappa shape index (κ2) is 9.46. The molecule has 1 amide bonds. The van der Waals surface area contributed by atoms with E-state index in [2.05, 4.69) is 4.98 Å². The van der Waals surface area contributed by atoms with Crippen molar-refractivity contribution in [1.29, 1.82) is 0 Å². The number of hydrogen-bond acceptors (Lipinski definition) is 6. The molecule has 1 unspecified atom stereocenters. The molecule has 1 aliphatic heterocycles. The number of carbonyl (C=O) groups excluding carboxylic acids is 1. The first-order chi connectivity index (χ1) is 15.0. The van der Waals surface area contributed by atoms with E-state index in [0.717, 1.165) is 31.2 Å². The van der Waals surface area contributed by atoms with Crippen LogP contribution in [0, 0.1) is 0 Å². The number of aromatic nitrogens is 2. The zero-order valence-electron chi connectivity index (χ0n) is 17.7. The molecule has 1 aliphatic carbocycles. The van der Waals surface area contributed by atoms with Crippen molar-refractivity contribution in [2.24, 2.45) is 0 Å². The first-order valence-electron chi connectivity index (χ1n) is 10.9. The lowest BCUT2D eigenvalue weighted by molar-refractivity contribution is -0.00106. The van der Waals surface area contributed by atoms with Gasteiger partial charge in [-0.1, -0.05) is 23.7 Å². The number of benzene rings is 1. The number of rotatable bonds is 8. The van der Waals surface area contributed by atoms with Crippen LogP contribution in [0.2, 0.25) is 5.02 Å². The van der Waals surface area contributed by atoms with E-state index >= 15 is 0 Å². The fourth-order valence-corrected chi connectivity index (χ4v) is 4.41. The average Bonchev–Trinajstić information content (AvgIpc) is 3.39. The number of aliphatic hydroxyl groups excluding tert-OH is 2. The first-order valence-corrected chi connectivity index (χ1v) is 11.3. The van der Waals surface area contributed by atoms with E-state index in [1.165, 1.54) is 4.90 Å². The molecule has 1 fully saturated rings. The fourth-order valence-electron chi connectivity index (χ4n) is 4.29. The first kappa shape index (κ1) is 21.9. The SMILES string of the molecule is CCN1c2nc(OC3CCCC3)n(Cc3ccc(Cl)cc3)c2C(=O)N(CCCO)C1O. The van der Waals surface area contributed by atoms with Crippen molar-refractivity contribution in [3.05, 3.63) is 40.5 Å². The summed E-state index contributed by atoms with van der Waals surface area (Å²) in [4.78, 5) is 21.2. The molecule has 0 spiro atoms. The van der Waals surface area contributed by atoms with Gasteiger partial charge in [0, 0.05) is 24.7 Å². The van der Waals surface area contributed by atoms with Crippen LogP contribution < -0.4 is 9.64 Å². The van der Waals surface area contributed by atoms with Crippen molar-refractivity contribution >= 4 is 23.3 Å². The number of carbonyl (C=O) groups is 1. The predicted octanol–water partition coefficient (Wildman–Crippen LogP) is 2.85. The van der Waals surface area contributed by atoms with Gasteiger partial charge < -0.3 is 19.8 Å². The maximum atomic E-state index is 13.4. The minimum Gasteiger partial charge on any atom is -0.461 e. The van der Waals surface area contributed by atoms with Gasteiger partial charge in [0.1, 0.15) is 6.10 Å². The van der Waals surface area contributed by atoms with Gasteiger partial charge in [0.25, 0.3) is 11.9 Å². The lowest BCUT2D eigenvalue weighted by Gasteiger charge is -2.40. The number of anilines is 1. The summed E-state index contributed by atoms with van der Waals surface area (Å²) in [6.07, 6.45) is 3.51. The molecule has 1 aromatic carbocycles. The second-order valence-corrected chi connectivity index (χ2v) is 8.45. The van der Waals surface area contributed by atoms with E-state index in [4.69, 9.17) is 16.3 Å². The fraction of sp³-hybridized carbons (Fsp3) is 0.545. The Hall–Kier alpha value is -2.29. The zero-order chi connectivity index (χ0) is 22.0. The number of ether oxygens (including phenoxy) is 1. The number of aliphatic hydroxyl groups is 2. The number of hydrogen-bond donors (Lipinski definition) is 2. The van der Waals surface area contributed by atoms with Gasteiger partial charge in [-0.25, -0.2) is 0 Å². The maximum Gasteiger partial charge on any atom is 0.299 e. The van der Waals surface area contributed by atoms with Gasteiger partial charge >= 0.3 is 0 Å². The van der Waals surface area contributed by atoms with Gasteiger partial charge in [0.15, 0.2) is 11.5 Å². The highest BCUT2D eigenvalue weighted by atomic mass is 35.5. The van der Waals surface area contributed by atoms with Crippen molar-refractivity contribution in [2.75, 3.05) is 24.6 Å². The van der Waals surface area contributed by atoms with Gasteiger partial charge in [-0.05, 0) is 56.7 Å². The van der Waals surface area contributed by atoms with Crippen LogP contribution >= 0.6 is 11.6 Å². The Labute approximate surface area is 187 Å². The van der Waals surface area contributed by atoms with E-state index in [1.54, 1.807) is 9.47 Å². The molecule has 2 heterocycles. The van der Waals surface area contributed by atoms with Gasteiger partial charge in [-0.2, -0.15) is 4.98 Å². The molecule has 2 N–H and O–H groups in total. The molecule has 1 aromatic heterocycles. The smallest absolute Gasteiger partial charge is 0.299 e. The molecule has 2 aliphatic rings. The molecule has 4 rings (SSSR count). The zero-order valence-corrected chi connectivity index (χ0v) is 18.5. The maximum absolute atomic E-state index is 13.4. The quantitative estimate of drug-likeness (QED) is 0.645. The third-order valence-corrected chi connectivity index (χ3v) is 6.19. The summed E-state index contributed by atoms with van der Waals surface area (Å²) in [7, 11) is 0. The third-order valence-electron chi connectivity index (χ3n) is 5.93. The molecule has 2 aromatic rings. The van der Waals surface area contributed by atoms with Crippen LogP contribution in [0.25, 0.3) is 0 Å². The summed E-state index contributed by atoms with van der Waals surface area (Å²) in [5.74, 6) is 0.116. The Morgan fingerprint density at radius 1 is 1.19 bits per heavy atom. The Morgan fingerprint density at radius 2 is 1.90 bits per heavy atom. The standard InChI is InChI=1S/C22H29ClN4O4/c1-2-25-19-18(20(29)26(22(25)30)12-5-13-28)27(14-15-8-10-16(23)11-9-15)21(24-19)31-17-6-3-4-7-17/h8-11,17,22,28,30H,2-7,12-14H2,1H3. The summed E-state index contributed by atoms with van der Waals surface area (Å²) in [5, 5.41) is 20.7. The Morgan fingerprint density at radius 3 is 2.55 bits per heavy atom. The van der Waals surface area contributed by atoms with Crippen LogP contribution in [0.5, 0.6) is 6.01 Å². The van der Waals surface area contributed by atoms with Crippen molar-refractivity contribution in [1.82, 2.24) is 14.5 Å². The number of fused-ring (bicyclic) bond motifs is 1. The van der Waals surface area contributed by atoms with Gasteiger partial charge in [-0.15, -0.1) is 0 Å². The monoisotopic (exact) mass is 448 g/mol. The van der Waals surface area contributed by atoms with Gasteiger partial charge in [0.05, 0.1) is 6.54 Å². The highest BCUT2D eigenvalue weighted by molar-refractivity contribution is 6.30. The van der Waals surface area contributed by atoms with E-state index in [0.29, 0.717) is 42.1 Å².